The Morgan fingerprint density at radius 1 is 0.725 bits per heavy atom. The van der Waals surface area contributed by atoms with Crippen molar-refractivity contribution >= 4 is 5.57 Å². The molecule has 0 bridgehead atoms. The maximum absolute atomic E-state index is 4.43. The van der Waals surface area contributed by atoms with E-state index in [1.165, 1.54) is 55.6 Å². The highest BCUT2D eigenvalue weighted by molar-refractivity contribution is 5.91. The summed E-state index contributed by atoms with van der Waals surface area (Å²) in [6.45, 7) is 6.20. The lowest BCUT2D eigenvalue weighted by Gasteiger charge is -2.35. The van der Waals surface area contributed by atoms with Gasteiger partial charge in [-0.15, -0.1) is 0 Å². The molecular formula is C39H31N. The summed E-state index contributed by atoms with van der Waals surface area (Å²) in [5.74, 6) is 0. The average molecular weight is 514 g/mol. The summed E-state index contributed by atoms with van der Waals surface area (Å²) in [6, 6.07) is 36.4. The Labute approximate surface area is 236 Å². The van der Waals surface area contributed by atoms with Crippen LogP contribution in [0.3, 0.4) is 0 Å². The van der Waals surface area contributed by atoms with Gasteiger partial charge in [-0.1, -0.05) is 110 Å². The summed E-state index contributed by atoms with van der Waals surface area (Å²) < 4.78 is 0. The van der Waals surface area contributed by atoms with Gasteiger partial charge in [0.05, 0.1) is 5.41 Å². The van der Waals surface area contributed by atoms with E-state index in [2.05, 4.69) is 121 Å². The Morgan fingerprint density at radius 3 is 2.05 bits per heavy atom. The molecule has 1 spiro atoms. The number of aryl methyl sites for hydroxylation is 2. The summed E-state index contributed by atoms with van der Waals surface area (Å²) in [6.07, 6.45) is 14.1. The van der Waals surface area contributed by atoms with E-state index in [1.54, 1.807) is 0 Å². The van der Waals surface area contributed by atoms with Gasteiger partial charge in [-0.25, -0.2) is 0 Å². The van der Waals surface area contributed by atoms with Gasteiger partial charge in [-0.3, -0.25) is 4.98 Å². The monoisotopic (exact) mass is 513 g/mol. The highest BCUT2D eigenvalue weighted by Gasteiger charge is 2.49. The van der Waals surface area contributed by atoms with E-state index in [9.17, 15) is 0 Å². The Morgan fingerprint density at radius 2 is 1.40 bits per heavy atom. The highest BCUT2D eigenvalue weighted by atomic mass is 14.6. The van der Waals surface area contributed by atoms with Crippen LogP contribution in [0.15, 0.2) is 140 Å². The van der Waals surface area contributed by atoms with Crippen LogP contribution < -0.4 is 0 Å². The predicted octanol–water partition coefficient (Wildman–Crippen LogP) is 9.36. The van der Waals surface area contributed by atoms with Crippen LogP contribution in [0.1, 0.15) is 45.9 Å². The minimum Gasteiger partial charge on any atom is -0.264 e. The molecule has 1 nitrogen and oxygen atoms in total. The molecule has 1 heteroatoms. The zero-order chi connectivity index (χ0) is 27.1. The molecule has 7 rings (SSSR count). The van der Waals surface area contributed by atoms with Crippen LogP contribution >= 0.6 is 0 Å². The van der Waals surface area contributed by atoms with Crippen molar-refractivity contribution in [1.29, 1.82) is 0 Å². The number of nitrogens with zero attached hydrogens (tertiary/aromatic N) is 1. The zero-order valence-corrected chi connectivity index (χ0v) is 22.8. The van der Waals surface area contributed by atoms with Crippen molar-refractivity contribution < 1.29 is 0 Å². The lowest BCUT2D eigenvalue weighted by Crippen LogP contribution is -2.30. The van der Waals surface area contributed by atoms with Gasteiger partial charge in [0.15, 0.2) is 0 Å². The fourth-order valence-electron chi connectivity index (χ4n) is 6.90. The first-order chi connectivity index (χ1) is 19.8. The van der Waals surface area contributed by atoms with Crippen LogP contribution in [0.4, 0.5) is 0 Å². The summed E-state index contributed by atoms with van der Waals surface area (Å²) in [5, 5.41) is 0. The molecule has 0 saturated heterocycles. The molecule has 40 heavy (non-hydrogen) atoms. The number of rotatable bonds is 4. The van der Waals surface area contributed by atoms with Crippen LogP contribution in [-0.4, -0.2) is 4.98 Å². The summed E-state index contributed by atoms with van der Waals surface area (Å²) >= 11 is 0. The van der Waals surface area contributed by atoms with Gasteiger partial charge in [0.1, 0.15) is 0 Å². The van der Waals surface area contributed by atoms with E-state index < -0.39 is 5.41 Å². The molecular weight excluding hydrogens is 482 g/mol. The quantitative estimate of drug-likeness (QED) is 0.214. The number of benzene rings is 4. The topological polar surface area (TPSA) is 12.9 Å². The number of hydrogen-bond acceptors (Lipinski definition) is 1. The molecule has 0 amide bonds. The Bertz CT molecular complexity index is 1770. The smallest absolute Gasteiger partial charge is 0.0719 e. The van der Waals surface area contributed by atoms with E-state index in [-0.39, 0.29) is 0 Å². The van der Waals surface area contributed by atoms with E-state index >= 15 is 0 Å². The van der Waals surface area contributed by atoms with Crippen molar-refractivity contribution in [3.63, 3.8) is 0 Å². The summed E-state index contributed by atoms with van der Waals surface area (Å²) in [5.41, 5.74) is 15.1. The minimum absolute atomic E-state index is 0.421. The second kappa shape index (κ2) is 9.77. The molecule has 5 aromatic rings. The molecule has 0 saturated carbocycles. The number of aromatic nitrogens is 1. The Balaban J connectivity index is 1.62. The number of fused-ring (bicyclic) bond motifs is 9. The first-order valence-electron chi connectivity index (χ1n) is 14.1. The molecule has 0 radical (unpaired) electrons. The molecule has 2 aliphatic rings. The van der Waals surface area contributed by atoms with Crippen LogP contribution in [0, 0.1) is 0 Å². The van der Waals surface area contributed by atoms with Crippen LogP contribution in [0.2, 0.25) is 0 Å². The third kappa shape index (κ3) is 3.58. The van der Waals surface area contributed by atoms with E-state index in [0.29, 0.717) is 0 Å². The third-order valence-corrected chi connectivity index (χ3v) is 8.66. The van der Waals surface area contributed by atoms with Crippen molar-refractivity contribution in [1.82, 2.24) is 4.98 Å². The molecule has 0 N–H and O–H groups in total. The SMILES string of the molecule is C=C/C(=C\C=C/C)c1ccc2c(c1)C1(c3ccccc3CCc3ccccc31)c1cc(-c3cccnc3)ccc1-2. The van der Waals surface area contributed by atoms with E-state index in [1.807, 2.05) is 31.5 Å². The molecule has 2 aliphatic carbocycles. The maximum Gasteiger partial charge on any atom is 0.0719 e. The molecule has 1 heterocycles. The summed E-state index contributed by atoms with van der Waals surface area (Å²) in [4.78, 5) is 4.43. The molecule has 192 valence electrons. The highest BCUT2D eigenvalue weighted by Crippen LogP contribution is 2.59. The molecule has 1 aromatic heterocycles. The fraction of sp³-hybridized carbons (Fsp3) is 0.103. The lowest BCUT2D eigenvalue weighted by atomic mass is 9.65. The van der Waals surface area contributed by atoms with E-state index in [4.69, 9.17) is 0 Å². The minimum atomic E-state index is -0.421. The fourth-order valence-corrected chi connectivity index (χ4v) is 6.90. The average Bonchev–Trinajstić information content (AvgIpc) is 3.21. The number of allylic oxidation sites excluding steroid dienone is 5. The molecule has 0 aliphatic heterocycles. The van der Waals surface area contributed by atoms with Crippen molar-refractivity contribution in [3.8, 4) is 22.3 Å². The van der Waals surface area contributed by atoms with Gasteiger partial charge in [0, 0.05) is 12.4 Å². The van der Waals surface area contributed by atoms with Crippen LogP contribution in [-0.2, 0) is 18.3 Å². The lowest BCUT2D eigenvalue weighted by molar-refractivity contribution is 0.762. The second-order valence-corrected chi connectivity index (χ2v) is 10.7. The van der Waals surface area contributed by atoms with Gasteiger partial charge in [0.2, 0.25) is 0 Å². The Hall–Kier alpha value is -4.75. The predicted molar refractivity (Wildman–Crippen MR) is 167 cm³/mol. The van der Waals surface area contributed by atoms with Crippen molar-refractivity contribution in [3.05, 3.63) is 179 Å². The standard InChI is InChI=1S/C39H31N/c1-3-5-11-27(4-2)30-19-21-33-34-22-20-31(32-14-10-23-40-26-32)25-38(34)39(37(33)24-30)35-15-8-6-12-28(35)17-18-29-13-7-9-16-36(29)39/h3-16,19-26H,2,17-18H2,1H3/b5-3-,27-11+. The number of pyridine rings is 1. The third-order valence-electron chi connectivity index (χ3n) is 8.66. The first-order valence-corrected chi connectivity index (χ1v) is 14.1. The Kier molecular flexibility index (Phi) is 5.94. The van der Waals surface area contributed by atoms with Crippen molar-refractivity contribution in [2.75, 3.05) is 0 Å². The maximum atomic E-state index is 4.43. The van der Waals surface area contributed by atoms with Crippen LogP contribution in [0.5, 0.6) is 0 Å². The van der Waals surface area contributed by atoms with Crippen molar-refractivity contribution in [2.24, 2.45) is 0 Å². The zero-order valence-electron chi connectivity index (χ0n) is 22.8. The van der Waals surface area contributed by atoms with Gasteiger partial charge in [-0.2, -0.15) is 0 Å². The second-order valence-electron chi connectivity index (χ2n) is 10.7. The molecule has 0 unspecified atom stereocenters. The first kappa shape index (κ1) is 24.3. The number of hydrogen-bond donors (Lipinski definition) is 0. The van der Waals surface area contributed by atoms with E-state index in [0.717, 1.165) is 24.0 Å². The van der Waals surface area contributed by atoms with Crippen LogP contribution in [0.25, 0.3) is 27.8 Å². The van der Waals surface area contributed by atoms with Gasteiger partial charge in [0.25, 0.3) is 0 Å². The van der Waals surface area contributed by atoms with Gasteiger partial charge >= 0.3 is 0 Å². The molecule has 0 atom stereocenters. The molecule has 4 aromatic carbocycles. The van der Waals surface area contributed by atoms with Gasteiger partial charge < -0.3 is 0 Å². The normalized spacial score (nSPS) is 14.8. The largest absolute Gasteiger partial charge is 0.264 e. The van der Waals surface area contributed by atoms with Crippen molar-refractivity contribution in [2.45, 2.75) is 25.2 Å². The summed E-state index contributed by atoms with van der Waals surface area (Å²) in [7, 11) is 0. The van der Waals surface area contributed by atoms with Gasteiger partial charge in [-0.05, 0) is 105 Å². The molecule has 0 fully saturated rings.